The lowest BCUT2D eigenvalue weighted by atomic mass is 9.83. The Bertz CT molecular complexity index is 556. The second-order valence-electron chi connectivity index (χ2n) is 5.28. The summed E-state index contributed by atoms with van der Waals surface area (Å²) < 4.78 is 40.5. The van der Waals surface area contributed by atoms with Gasteiger partial charge in [0.05, 0.1) is 0 Å². The zero-order chi connectivity index (χ0) is 14.6. The zero-order valence-electron chi connectivity index (χ0n) is 11.7. The largest absolute Gasteiger partial charge is 0.316 e. The summed E-state index contributed by atoms with van der Waals surface area (Å²) in [5.74, 6) is -0.0746. The highest BCUT2D eigenvalue weighted by Gasteiger charge is 2.21. The Morgan fingerprint density at radius 2 is 2.10 bits per heavy atom. The van der Waals surface area contributed by atoms with Crippen molar-refractivity contribution in [2.75, 3.05) is 13.6 Å². The van der Waals surface area contributed by atoms with Crippen LogP contribution in [0.1, 0.15) is 31.2 Å². The highest BCUT2D eigenvalue weighted by Crippen LogP contribution is 2.29. The third-order valence-electron chi connectivity index (χ3n) is 3.74. The summed E-state index contributed by atoms with van der Waals surface area (Å²) in [6.07, 6.45) is 4.42. The first kappa shape index (κ1) is 15.4. The van der Waals surface area contributed by atoms with E-state index in [2.05, 4.69) is 10.0 Å². The van der Waals surface area contributed by atoms with E-state index in [0.29, 0.717) is 19.0 Å². The highest BCUT2D eigenvalue weighted by molar-refractivity contribution is 7.89. The van der Waals surface area contributed by atoms with E-state index in [4.69, 9.17) is 0 Å². The van der Waals surface area contributed by atoms with E-state index in [-0.39, 0.29) is 4.90 Å². The standard InChI is InChI=1S/C14H21FN2O2S/c1-16-10-12-5-6-14(13(15)9-12)20(18,19)17-8-7-11-3-2-4-11/h5-6,9,11,16-17H,2-4,7-8,10H2,1H3. The van der Waals surface area contributed by atoms with Crippen LogP contribution in [0.25, 0.3) is 0 Å². The van der Waals surface area contributed by atoms with Gasteiger partial charge >= 0.3 is 0 Å². The maximum atomic E-state index is 13.9. The van der Waals surface area contributed by atoms with Crippen molar-refractivity contribution in [3.05, 3.63) is 29.6 Å². The molecule has 6 heteroatoms. The molecule has 0 heterocycles. The van der Waals surface area contributed by atoms with E-state index in [0.717, 1.165) is 12.0 Å². The fourth-order valence-corrected chi connectivity index (χ4v) is 3.44. The maximum absolute atomic E-state index is 13.9. The molecule has 4 nitrogen and oxygen atoms in total. The third kappa shape index (κ3) is 3.77. The van der Waals surface area contributed by atoms with Gasteiger partial charge in [0.15, 0.2) is 0 Å². The Morgan fingerprint density at radius 3 is 2.65 bits per heavy atom. The Balaban J connectivity index is 2.00. The average molecular weight is 300 g/mol. The lowest BCUT2D eigenvalue weighted by Crippen LogP contribution is -2.28. The van der Waals surface area contributed by atoms with Gasteiger partial charge in [0.2, 0.25) is 10.0 Å². The van der Waals surface area contributed by atoms with Gasteiger partial charge < -0.3 is 5.32 Å². The molecular formula is C14H21FN2O2S. The second-order valence-corrected chi connectivity index (χ2v) is 7.01. The molecule has 0 aliphatic heterocycles. The Kier molecular flexibility index (Phi) is 5.12. The molecule has 112 valence electrons. The van der Waals surface area contributed by atoms with Crippen LogP contribution >= 0.6 is 0 Å². The number of benzene rings is 1. The molecule has 0 amide bonds. The van der Waals surface area contributed by atoms with Crippen molar-refractivity contribution < 1.29 is 12.8 Å². The molecule has 0 aromatic heterocycles. The summed E-state index contributed by atoms with van der Waals surface area (Å²) in [7, 11) is -1.99. The zero-order valence-corrected chi connectivity index (χ0v) is 12.5. The van der Waals surface area contributed by atoms with Crippen LogP contribution in [-0.2, 0) is 16.6 Å². The van der Waals surface area contributed by atoms with Crippen LogP contribution in [0.4, 0.5) is 4.39 Å². The number of hydrogen-bond acceptors (Lipinski definition) is 3. The molecule has 0 spiro atoms. The van der Waals surface area contributed by atoms with E-state index >= 15 is 0 Å². The monoisotopic (exact) mass is 300 g/mol. The predicted molar refractivity (Wildman–Crippen MR) is 76.3 cm³/mol. The molecular weight excluding hydrogens is 279 g/mol. The molecule has 1 saturated carbocycles. The van der Waals surface area contributed by atoms with Gasteiger partial charge in [0.1, 0.15) is 10.7 Å². The van der Waals surface area contributed by atoms with Crippen molar-refractivity contribution in [3.8, 4) is 0 Å². The van der Waals surface area contributed by atoms with Gasteiger partial charge in [0.25, 0.3) is 0 Å². The quantitative estimate of drug-likeness (QED) is 0.810. The minimum Gasteiger partial charge on any atom is -0.316 e. The summed E-state index contributed by atoms with van der Waals surface area (Å²) in [5.41, 5.74) is 0.721. The molecule has 1 aliphatic carbocycles. The molecule has 1 aromatic rings. The molecule has 1 aromatic carbocycles. The van der Waals surface area contributed by atoms with Crippen LogP contribution in [0.15, 0.2) is 23.1 Å². The summed E-state index contributed by atoms with van der Waals surface area (Å²) >= 11 is 0. The molecule has 2 N–H and O–H groups in total. The molecule has 0 atom stereocenters. The van der Waals surface area contributed by atoms with Crippen LogP contribution in [0.2, 0.25) is 0 Å². The van der Waals surface area contributed by atoms with Gasteiger partial charge in [-0.2, -0.15) is 0 Å². The molecule has 0 bridgehead atoms. The summed E-state index contributed by atoms with van der Waals surface area (Å²) in [6.45, 7) is 0.886. The molecule has 0 radical (unpaired) electrons. The Morgan fingerprint density at radius 1 is 1.35 bits per heavy atom. The van der Waals surface area contributed by atoms with Crippen molar-refractivity contribution in [1.82, 2.24) is 10.0 Å². The third-order valence-corrected chi connectivity index (χ3v) is 5.23. The van der Waals surface area contributed by atoms with Crippen LogP contribution in [0.5, 0.6) is 0 Å². The molecule has 0 saturated heterocycles. The number of rotatable bonds is 7. The topological polar surface area (TPSA) is 58.2 Å². The number of halogens is 1. The first-order valence-electron chi connectivity index (χ1n) is 6.95. The van der Waals surface area contributed by atoms with E-state index in [1.165, 1.54) is 31.4 Å². The number of sulfonamides is 1. The summed E-state index contributed by atoms with van der Waals surface area (Å²) in [4.78, 5) is -0.272. The predicted octanol–water partition coefficient (Wildman–Crippen LogP) is 2.01. The minimum atomic E-state index is -3.75. The van der Waals surface area contributed by atoms with E-state index in [9.17, 15) is 12.8 Å². The van der Waals surface area contributed by atoms with Crippen molar-refractivity contribution in [2.24, 2.45) is 5.92 Å². The Hall–Kier alpha value is -0.980. The number of hydrogen-bond donors (Lipinski definition) is 2. The summed E-state index contributed by atoms with van der Waals surface area (Å²) in [5, 5.41) is 2.90. The molecule has 1 aliphatic rings. The second kappa shape index (κ2) is 6.65. The van der Waals surface area contributed by atoms with Crippen molar-refractivity contribution in [1.29, 1.82) is 0 Å². The van der Waals surface area contributed by atoms with Crippen LogP contribution in [0, 0.1) is 11.7 Å². The first-order valence-corrected chi connectivity index (χ1v) is 8.44. The van der Waals surface area contributed by atoms with Gasteiger partial charge in [-0.25, -0.2) is 17.5 Å². The normalized spacial score (nSPS) is 16.1. The first-order chi connectivity index (χ1) is 9.53. The van der Waals surface area contributed by atoms with Gasteiger partial charge in [0, 0.05) is 13.1 Å². The SMILES string of the molecule is CNCc1ccc(S(=O)(=O)NCCC2CCC2)c(F)c1. The van der Waals surface area contributed by atoms with Crippen molar-refractivity contribution in [3.63, 3.8) is 0 Å². The Labute approximate surface area is 119 Å². The van der Waals surface area contributed by atoms with Crippen molar-refractivity contribution in [2.45, 2.75) is 37.1 Å². The average Bonchev–Trinajstić information content (AvgIpc) is 2.32. The number of nitrogens with one attached hydrogen (secondary N) is 2. The summed E-state index contributed by atoms with van der Waals surface area (Å²) in [6, 6.07) is 4.21. The lowest BCUT2D eigenvalue weighted by Gasteiger charge is -2.25. The highest BCUT2D eigenvalue weighted by atomic mass is 32.2. The van der Waals surface area contributed by atoms with Gasteiger partial charge in [-0.05, 0) is 37.1 Å². The molecule has 0 unspecified atom stereocenters. The van der Waals surface area contributed by atoms with Gasteiger partial charge in [-0.15, -0.1) is 0 Å². The smallest absolute Gasteiger partial charge is 0.243 e. The lowest BCUT2D eigenvalue weighted by molar-refractivity contribution is 0.297. The van der Waals surface area contributed by atoms with Crippen molar-refractivity contribution >= 4 is 10.0 Å². The van der Waals surface area contributed by atoms with Crippen LogP contribution < -0.4 is 10.0 Å². The van der Waals surface area contributed by atoms with Gasteiger partial charge in [-0.1, -0.05) is 25.3 Å². The molecule has 20 heavy (non-hydrogen) atoms. The van der Waals surface area contributed by atoms with E-state index in [1.807, 2.05) is 0 Å². The molecule has 2 rings (SSSR count). The fourth-order valence-electron chi connectivity index (χ4n) is 2.33. The molecule has 1 fully saturated rings. The van der Waals surface area contributed by atoms with E-state index < -0.39 is 15.8 Å². The van der Waals surface area contributed by atoms with Crippen LogP contribution in [0.3, 0.4) is 0 Å². The van der Waals surface area contributed by atoms with Gasteiger partial charge in [-0.3, -0.25) is 0 Å². The van der Waals surface area contributed by atoms with E-state index in [1.54, 1.807) is 13.1 Å². The maximum Gasteiger partial charge on any atom is 0.243 e. The minimum absolute atomic E-state index is 0.272. The van der Waals surface area contributed by atoms with Crippen LogP contribution in [-0.4, -0.2) is 22.0 Å². The fraction of sp³-hybridized carbons (Fsp3) is 0.571.